The fraction of sp³-hybridized carbons (Fsp3) is 0.0833. The van der Waals surface area contributed by atoms with E-state index >= 15 is 0 Å². The highest BCUT2D eigenvalue weighted by Crippen LogP contribution is 2.18. The summed E-state index contributed by atoms with van der Waals surface area (Å²) in [5, 5.41) is 0.109. The number of imidazole rings is 1. The van der Waals surface area contributed by atoms with E-state index in [0.29, 0.717) is 23.4 Å². The van der Waals surface area contributed by atoms with Gasteiger partial charge in [-0.2, -0.15) is 9.97 Å². The van der Waals surface area contributed by atoms with Crippen molar-refractivity contribution in [2.24, 2.45) is 0 Å². The van der Waals surface area contributed by atoms with E-state index in [1.807, 2.05) is 30.3 Å². The molecule has 0 atom stereocenters. The summed E-state index contributed by atoms with van der Waals surface area (Å²) in [6, 6.07) is 10.0. The van der Waals surface area contributed by atoms with Crippen molar-refractivity contribution < 1.29 is 0 Å². The van der Waals surface area contributed by atoms with E-state index in [4.69, 9.17) is 17.3 Å². The molecule has 0 unspecified atom stereocenters. The van der Waals surface area contributed by atoms with Gasteiger partial charge in [0.05, 0.1) is 0 Å². The number of nitrogen functional groups attached to an aromatic ring is 1. The van der Waals surface area contributed by atoms with E-state index in [1.165, 1.54) is 0 Å². The Balaban J connectivity index is 2.01. The number of benzene rings is 1. The van der Waals surface area contributed by atoms with Gasteiger partial charge in [-0.25, -0.2) is 4.98 Å². The van der Waals surface area contributed by atoms with Crippen molar-refractivity contribution in [1.82, 2.24) is 19.9 Å². The van der Waals surface area contributed by atoms with E-state index in [2.05, 4.69) is 19.9 Å². The Bertz CT molecular complexity index is 692. The quantitative estimate of drug-likeness (QED) is 0.691. The first-order chi connectivity index (χ1) is 8.72. The average Bonchev–Trinajstić information content (AvgIpc) is 2.73. The van der Waals surface area contributed by atoms with Crippen LogP contribution < -0.4 is 5.73 Å². The summed E-state index contributed by atoms with van der Waals surface area (Å²) in [6.45, 7) is 0. The molecular formula is C12H10ClN5. The minimum atomic E-state index is 0.109. The number of aromatic nitrogens is 4. The van der Waals surface area contributed by atoms with Crippen molar-refractivity contribution in [3.8, 4) is 0 Å². The first-order valence-electron chi connectivity index (χ1n) is 5.44. The SMILES string of the molecule is Nc1nc(Cl)nc2nc(Cc3ccccc3)[nH]c12. The van der Waals surface area contributed by atoms with Crippen LogP contribution in [0.15, 0.2) is 30.3 Å². The van der Waals surface area contributed by atoms with Gasteiger partial charge in [-0.05, 0) is 17.2 Å². The molecule has 18 heavy (non-hydrogen) atoms. The van der Waals surface area contributed by atoms with Gasteiger partial charge in [0.25, 0.3) is 0 Å². The highest BCUT2D eigenvalue weighted by atomic mass is 35.5. The number of H-pyrrole nitrogens is 1. The molecule has 6 heteroatoms. The Kier molecular flexibility index (Phi) is 2.60. The molecule has 3 N–H and O–H groups in total. The zero-order valence-corrected chi connectivity index (χ0v) is 10.1. The standard InChI is InChI=1S/C12H10ClN5/c13-12-17-10(14)9-11(18-12)16-8(15-9)6-7-4-2-1-3-5-7/h1-5H,6H2,(H3,14,15,16,17,18). The predicted molar refractivity (Wildman–Crippen MR) is 70.4 cm³/mol. The highest BCUT2D eigenvalue weighted by molar-refractivity contribution is 6.28. The maximum atomic E-state index is 5.76. The minimum Gasteiger partial charge on any atom is -0.382 e. The molecule has 0 amide bonds. The summed E-state index contributed by atoms with van der Waals surface area (Å²) in [4.78, 5) is 15.4. The van der Waals surface area contributed by atoms with Crippen LogP contribution >= 0.6 is 11.6 Å². The number of anilines is 1. The van der Waals surface area contributed by atoms with Crippen molar-refractivity contribution in [1.29, 1.82) is 0 Å². The van der Waals surface area contributed by atoms with Gasteiger partial charge in [0.1, 0.15) is 11.3 Å². The molecule has 2 heterocycles. The van der Waals surface area contributed by atoms with E-state index in [-0.39, 0.29) is 5.28 Å². The number of fused-ring (bicyclic) bond motifs is 1. The lowest BCUT2D eigenvalue weighted by atomic mass is 10.1. The van der Waals surface area contributed by atoms with E-state index < -0.39 is 0 Å². The van der Waals surface area contributed by atoms with E-state index in [1.54, 1.807) is 0 Å². The average molecular weight is 260 g/mol. The van der Waals surface area contributed by atoms with Crippen LogP contribution in [0.3, 0.4) is 0 Å². The van der Waals surface area contributed by atoms with Gasteiger partial charge in [-0.15, -0.1) is 0 Å². The van der Waals surface area contributed by atoms with Gasteiger partial charge in [0.15, 0.2) is 11.5 Å². The van der Waals surface area contributed by atoms with Crippen molar-refractivity contribution in [3.05, 3.63) is 47.0 Å². The second-order valence-corrected chi connectivity index (χ2v) is 4.26. The summed E-state index contributed by atoms with van der Waals surface area (Å²) < 4.78 is 0. The lowest BCUT2D eigenvalue weighted by molar-refractivity contribution is 1.03. The monoisotopic (exact) mass is 259 g/mol. The second kappa shape index (κ2) is 4.27. The second-order valence-electron chi connectivity index (χ2n) is 3.92. The van der Waals surface area contributed by atoms with Crippen molar-refractivity contribution in [3.63, 3.8) is 0 Å². The maximum Gasteiger partial charge on any atom is 0.226 e. The molecule has 1 aromatic carbocycles. The van der Waals surface area contributed by atoms with Crippen LogP contribution in [0.1, 0.15) is 11.4 Å². The van der Waals surface area contributed by atoms with Gasteiger partial charge in [-0.1, -0.05) is 30.3 Å². The summed E-state index contributed by atoms with van der Waals surface area (Å²) in [7, 11) is 0. The topological polar surface area (TPSA) is 80.5 Å². The van der Waals surface area contributed by atoms with E-state index in [0.717, 1.165) is 11.4 Å². The molecule has 0 radical (unpaired) electrons. The van der Waals surface area contributed by atoms with Gasteiger partial charge in [-0.3, -0.25) is 0 Å². The van der Waals surface area contributed by atoms with Crippen LogP contribution in [0.5, 0.6) is 0 Å². The summed E-state index contributed by atoms with van der Waals surface area (Å²) >= 11 is 5.74. The van der Waals surface area contributed by atoms with Crippen molar-refractivity contribution >= 4 is 28.6 Å². The fourth-order valence-corrected chi connectivity index (χ4v) is 1.98. The summed E-state index contributed by atoms with van der Waals surface area (Å²) in [6.07, 6.45) is 0.689. The highest BCUT2D eigenvalue weighted by Gasteiger charge is 2.09. The number of nitrogens with zero attached hydrogens (tertiary/aromatic N) is 3. The zero-order chi connectivity index (χ0) is 12.5. The Labute approximate surface area is 108 Å². The molecule has 3 rings (SSSR count). The van der Waals surface area contributed by atoms with Crippen LogP contribution in [0.25, 0.3) is 11.2 Å². The number of hydrogen-bond acceptors (Lipinski definition) is 4. The largest absolute Gasteiger partial charge is 0.382 e. The third kappa shape index (κ3) is 2.00. The lowest BCUT2D eigenvalue weighted by Crippen LogP contribution is -1.94. The molecule has 0 aliphatic carbocycles. The molecule has 0 fully saturated rings. The van der Waals surface area contributed by atoms with Crippen LogP contribution in [-0.2, 0) is 6.42 Å². The number of nitrogens with one attached hydrogen (secondary N) is 1. The molecule has 0 saturated heterocycles. The predicted octanol–water partition coefficient (Wildman–Crippen LogP) is 2.18. The Morgan fingerprint density at radius 2 is 1.89 bits per heavy atom. The van der Waals surface area contributed by atoms with Crippen LogP contribution in [0.2, 0.25) is 5.28 Å². The van der Waals surface area contributed by atoms with E-state index in [9.17, 15) is 0 Å². The Hall–Kier alpha value is -2.14. The summed E-state index contributed by atoms with van der Waals surface area (Å²) in [5.74, 6) is 1.11. The molecule has 0 aliphatic heterocycles. The molecule has 0 saturated carbocycles. The van der Waals surface area contributed by atoms with Gasteiger partial charge < -0.3 is 10.7 Å². The number of aromatic amines is 1. The van der Waals surface area contributed by atoms with Gasteiger partial charge in [0.2, 0.25) is 5.28 Å². The molecule has 90 valence electrons. The van der Waals surface area contributed by atoms with Crippen molar-refractivity contribution in [2.75, 3.05) is 5.73 Å². The maximum absolute atomic E-state index is 5.76. The van der Waals surface area contributed by atoms with Gasteiger partial charge >= 0.3 is 0 Å². The first kappa shape index (κ1) is 11.0. The smallest absolute Gasteiger partial charge is 0.226 e. The minimum absolute atomic E-state index is 0.109. The summed E-state index contributed by atoms with van der Waals surface area (Å²) in [5.41, 5.74) is 8.05. The number of halogens is 1. The lowest BCUT2D eigenvalue weighted by Gasteiger charge is -1.96. The Morgan fingerprint density at radius 3 is 2.67 bits per heavy atom. The molecule has 0 bridgehead atoms. The van der Waals surface area contributed by atoms with Crippen LogP contribution in [-0.4, -0.2) is 19.9 Å². The van der Waals surface area contributed by atoms with Crippen LogP contribution in [0.4, 0.5) is 5.82 Å². The fourth-order valence-electron chi connectivity index (χ4n) is 1.81. The number of hydrogen-bond donors (Lipinski definition) is 2. The molecular weight excluding hydrogens is 250 g/mol. The third-order valence-electron chi connectivity index (χ3n) is 2.62. The first-order valence-corrected chi connectivity index (χ1v) is 5.82. The van der Waals surface area contributed by atoms with Crippen molar-refractivity contribution in [2.45, 2.75) is 6.42 Å². The Morgan fingerprint density at radius 1 is 1.11 bits per heavy atom. The zero-order valence-electron chi connectivity index (χ0n) is 9.39. The number of rotatable bonds is 2. The molecule has 5 nitrogen and oxygen atoms in total. The third-order valence-corrected chi connectivity index (χ3v) is 2.78. The number of nitrogens with two attached hydrogens (primary N) is 1. The molecule has 3 aromatic rings. The molecule has 0 aliphatic rings. The normalized spacial score (nSPS) is 10.9. The van der Waals surface area contributed by atoms with Crippen LogP contribution in [0, 0.1) is 0 Å². The van der Waals surface area contributed by atoms with Gasteiger partial charge in [0, 0.05) is 6.42 Å². The molecule has 2 aromatic heterocycles. The molecule has 0 spiro atoms.